The number of rotatable bonds is 4. The van der Waals surface area contributed by atoms with Crippen molar-refractivity contribution in [3.05, 3.63) is 0 Å². The highest BCUT2D eigenvalue weighted by Crippen LogP contribution is 2.12. The normalized spacial score (nSPS) is 19.6. The van der Waals surface area contributed by atoms with Gasteiger partial charge in [0.1, 0.15) is 0 Å². The van der Waals surface area contributed by atoms with E-state index < -0.39 is 0 Å². The summed E-state index contributed by atoms with van der Waals surface area (Å²) in [5.41, 5.74) is 0. The van der Waals surface area contributed by atoms with Crippen LogP contribution in [-0.4, -0.2) is 54.6 Å². The monoisotopic (exact) mass is 199 g/mol. The van der Waals surface area contributed by atoms with Crippen molar-refractivity contribution in [2.75, 3.05) is 26.7 Å². The Morgan fingerprint density at radius 2 is 2.00 bits per heavy atom. The first-order valence-electron chi connectivity index (χ1n) is 5.29. The largest absolute Gasteiger partial charge is 0.321 e. The van der Waals surface area contributed by atoms with Gasteiger partial charge in [-0.2, -0.15) is 0 Å². The number of hydrogen-bond acceptors (Lipinski definition) is 2. The van der Waals surface area contributed by atoms with Crippen LogP contribution in [-0.2, 0) is 0 Å². The lowest BCUT2D eigenvalue weighted by atomic mass is 10.3. The number of nitrogens with zero attached hydrogens (tertiary/aromatic N) is 2. The average Bonchev–Trinajstić information content (AvgIpc) is 2.48. The van der Waals surface area contributed by atoms with Crippen molar-refractivity contribution in [1.82, 2.24) is 15.1 Å². The summed E-state index contributed by atoms with van der Waals surface area (Å²) in [6.45, 7) is 8.74. The molecule has 1 saturated heterocycles. The summed E-state index contributed by atoms with van der Waals surface area (Å²) in [5.74, 6) is 0. The van der Waals surface area contributed by atoms with E-state index in [0.717, 1.165) is 19.6 Å². The quantitative estimate of drug-likeness (QED) is 0.725. The van der Waals surface area contributed by atoms with E-state index in [4.69, 9.17) is 0 Å². The van der Waals surface area contributed by atoms with Gasteiger partial charge in [0.25, 0.3) is 0 Å². The molecule has 1 heterocycles. The fourth-order valence-electron chi connectivity index (χ4n) is 1.67. The molecule has 0 bridgehead atoms. The second-order valence-corrected chi connectivity index (χ2v) is 4.21. The first-order chi connectivity index (χ1) is 6.56. The van der Waals surface area contributed by atoms with Crippen molar-refractivity contribution < 1.29 is 4.79 Å². The number of likely N-dealkylation sites (N-methyl/N-ethyl adjacent to an activating group) is 1. The smallest absolute Gasteiger partial charge is 0.320 e. The van der Waals surface area contributed by atoms with Crippen LogP contribution < -0.4 is 5.32 Å². The number of nitrogens with one attached hydrogen (secondary N) is 1. The molecule has 0 aliphatic carbocycles. The Morgan fingerprint density at radius 1 is 1.36 bits per heavy atom. The van der Waals surface area contributed by atoms with E-state index in [1.165, 1.54) is 0 Å². The van der Waals surface area contributed by atoms with Gasteiger partial charge in [0.05, 0.1) is 0 Å². The van der Waals surface area contributed by atoms with E-state index in [2.05, 4.69) is 26.1 Å². The SMILES string of the molecule is CNC(C)CN1CCN(C(C)C)C1=O. The van der Waals surface area contributed by atoms with Crippen LogP contribution in [0.4, 0.5) is 4.79 Å². The number of carbonyl (C=O) groups is 1. The molecule has 0 radical (unpaired) electrons. The van der Waals surface area contributed by atoms with Gasteiger partial charge in [0, 0.05) is 31.7 Å². The van der Waals surface area contributed by atoms with Gasteiger partial charge in [0.2, 0.25) is 0 Å². The molecular formula is C10H21N3O. The second kappa shape index (κ2) is 4.64. The van der Waals surface area contributed by atoms with E-state index in [9.17, 15) is 4.79 Å². The molecule has 4 heteroatoms. The highest BCUT2D eigenvalue weighted by molar-refractivity contribution is 5.76. The van der Waals surface area contributed by atoms with Gasteiger partial charge < -0.3 is 15.1 Å². The molecule has 1 aliphatic heterocycles. The molecule has 0 aromatic heterocycles. The summed E-state index contributed by atoms with van der Waals surface area (Å²) < 4.78 is 0. The van der Waals surface area contributed by atoms with E-state index >= 15 is 0 Å². The van der Waals surface area contributed by atoms with E-state index in [0.29, 0.717) is 12.1 Å². The third-order valence-electron chi connectivity index (χ3n) is 2.74. The molecule has 0 spiro atoms. The minimum atomic E-state index is 0.183. The predicted octanol–water partition coefficient (Wildman–Crippen LogP) is 0.740. The standard InChI is InChI=1S/C10H21N3O/c1-8(2)13-6-5-12(10(13)14)7-9(3)11-4/h8-9,11H,5-7H2,1-4H3. The Kier molecular flexibility index (Phi) is 3.75. The van der Waals surface area contributed by atoms with Crippen LogP contribution in [0, 0.1) is 0 Å². The first-order valence-corrected chi connectivity index (χ1v) is 5.29. The minimum Gasteiger partial charge on any atom is -0.321 e. The lowest BCUT2D eigenvalue weighted by molar-refractivity contribution is 0.180. The summed E-state index contributed by atoms with van der Waals surface area (Å²) in [7, 11) is 1.92. The summed E-state index contributed by atoms with van der Waals surface area (Å²) in [5, 5.41) is 3.14. The molecule has 0 aromatic carbocycles. The fourth-order valence-corrected chi connectivity index (χ4v) is 1.67. The van der Waals surface area contributed by atoms with Gasteiger partial charge in [0.15, 0.2) is 0 Å². The van der Waals surface area contributed by atoms with Crippen molar-refractivity contribution in [3.8, 4) is 0 Å². The first kappa shape index (κ1) is 11.3. The molecule has 1 aliphatic rings. The molecule has 82 valence electrons. The van der Waals surface area contributed by atoms with Crippen LogP contribution in [0.25, 0.3) is 0 Å². The maximum atomic E-state index is 11.8. The molecule has 0 saturated carbocycles. The van der Waals surface area contributed by atoms with Crippen LogP contribution in [0.2, 0.25) is 0 Å². The Morgan fingerprint density at radius 3 is 2.43 bits per heavy atom. The van der Waals surface area contributed by atoms with Crippen molar-refractivity contribution >= 4 is 6.03 Å². The Bertz CT molecular complexity index is 206. The Hall–Kier alpha value is -0.770. The highest BCUT2D eigenvalue weighted by atomic mass is 16.2. The van der Waals surface area contributed by atoms with Gasteiger partial charge in [-0.1, -0.05) is 0 Å². The third kappa shape index (κ3) is 2.38. The van der Waals surface area contributed by atoms with Gasteiger partial charge in [-0.15, -0.1) is 0 Å². The second-order valence-electron chi connectivity index (χ2n) is 4.21. The molecule has 1 atom stereocenters. The summed E-state index contributed by atoms with van der Waals surface area (Å²) in [6, 6.07) is 0.866. The number of amides is 2. The molecule has 1 rings (SSSR count). The van der Waals surface area contributed by atoms with Crippen LogP contribution >= 0.6 is 0 Å². The summed E-state index contributed by atoms with van der Waals surface area (Å²) in [4.78, 5) is 15.7. The van der Waals surface area contributed by atoms with Gasteiger partial charge >= 0.3 is 6.03 Å². The molecule has 1 fully saturated rings. The number of urea groups is 1. The van der Waals surface area contributed by atoms with E-state index in [1.807, 2.05) is 16.8 Å². The molecule has 4 nitrogen and oxygen atoms in total. The average molecular weight is 199 g/mol. The molecular weight excluding hydrogens is 178 g/mol. The zero-order valence-electron chi connectivity index (χ0n) is 9.58. The van der Waals surface area contributed by atoms with E-state index in [1.54, 1.807) is 0 Å². The van der Waals surface area contributed by atoms with Crippen molar-refractivity contribution in [3.63, 3.8) is 0 Å². The van der Waals surface area contributed by atoms with Gasteiger partial charge in [-0.25, -0.2) is 4.79 Å². The van der Waals surface area contributed by atoms with Crippen LogP contribution in [0.1, 0.15) is 20.8 Å². The Labute approximate surface area is 86.2 Å². The molecule has 1 unspecified atom stereocenters. The zero-order valence-corrected chi connectivity index (χ0v) is 9.58. The van der Waals surface area contributed by atoms with Gasteiger partial charge in [-0.05, 0) is 27.8 Å². The molecule has 2 amide bonds. The van der Waals surface area contributed by atoms with Gasteiger partial charge in [-0.3, -0.25) is 0 Å². The number of hydrogen-bond donors (Lipinski definition) is 1. The zero-order chi connectivity index (χ0) is 10.7. The Balaban J connectivity index is 2.47. The topological polar surface area (TPSA) is 35.6 Å². The van der Waals surface area contributed by atoms with Crippen molar-refractivity contribution in [2.24, 2.45) is 0 Å². The van der Waals surface area contributed by atoms with Crippen LogP contribution in [0.3, 0.4) is 0 Å². The van der Waals surface area contributed by atoms with E-state index in [-0.39, 0.29) is 6.03 Å². The fraction of sp³-hybridized carbons (Fsp3) is 0.900. The number of carbonyl (C=O) groups excluding carboxylic acids is 1. The third-order valence-corrected chi connectivity index (χ3v) is 2.74. The summed E-state index contributed by atoms with van der Waals surface area (Å²) >= 11 is 0. The maximum absolute atomic E-state index is 11.8. The lowest BCUT2D eigenvalue weighted by Crippen LogP contribution is -2.41. The van der Waals surface area contributed by atoms with Crippen LogP contribution in [0.15, 0.2) is 0 Å². The van der Waals surface area contributed by atoms with Crippen molar-refractivity contribution in [2.45, 2.75) is 32.9 Å². The lowest BCUT2D eigenvalue weighted by Gasteiger charge is -2.23. The predicted molar refractivity (Wildman–Crippen MR) is 57.3 cm³/mol. The van der Waals surface area contributed by atoms with Crippen molar-refractivity contribution in [1.29, 1.82) is 0 Å². The molecule has 1 N–H and O–H groups in total. The summed E-state index contributed by atoms with van der Waals surface area (Å²) in [6.07, 6.45) is 0. The minimum absolute atomic E-state index is 0.183. The molecule has 14 heavy (non-hydrogen) atoms. The highest BCUT2D eigenvalue weighted by Gasteiger charge is 2.30. The van der Waals surface area contributed by atoms with Crippen LogP contribution in [0.5, 0.6) is 0 Å². The molecule has 0 aromatic rings. The maximum Gasteiger partial charge on any atom is 0.320 e.